The van der Waals surface area contributed by atoms with Crippen molar-refractivity contribution in [1.29, 1.82) is 0 Å². The molecule has 1 aromatic rings. The molecular weight excluding hydrogens is 264 g/mol. The molecule has 1 aliphatic carbocycles. The second-order valence-electron chi connectivity index (χ2n) is 4.52. The first kappa shape index (κ1) is 12.1. The van der Waals surface area contributed by atoms with E-state index in [4.69, 9.17) is 0 Å². The molecule has 0 spiro atoms. The highest BCUT2D eigenvalue weighted by Gasteiger charge is 2.25. The summed E-state index contributed by atoms with van der Waals surface area (Å²) in [6.45, 7) is 3.18. The molecule has 88 valence electrons. The lowest BCUT2D eigenvalue weighted by Gasteiger charge is -2.15. The van der Waals surface area contributed by atoms with Gasteiger partial charge in [-0.25, -0.2) is 0 Å². The molecule has 16 heavy (non-hydrogen) atoms. The molecule has 0 aliphatic heterocycles. The van der Waals surface area contributed by atoms with Crippen LogP contribution in [0.15, 0.2) is 28.7 Å². The van der Waals surface area contributed by atoms with E-state index in [-0.39, 0.29) is 0 Å². The monoisotopic (exact) mass is 282 g/mol. The standard InChI is InChI=1S/C13H19BrN2/c1-16(13-5-6-13)8-7-15-10-11-3-2-4-12(14)9-11/h2-4,9,13,15H,5-8,10H2,1H3. The van der Waals surface area contributed by atoms with Crippen LogP contribution in [0.3, 0.4) is 0 Å². The molecule has 3 heteroatoms. The number of rotatable bonds is 6. The maximum absolute atomic E-state index is 3.49. The first-order valence-corrected chi connectivity index (χ1v) is 6.70. The highest BCUT2D eigenvalue weighted by molar-refractivity contribution is 9.10. The molecular formula is C13H19BrN2. The van der Waals surface area contributed by atoms with Crippen molar-refractivity contribution in [2.24, 2.45) is 0 Å². The van der Waals surface area contributed by atoms with Crippen LogP contribution in [0.1, 0.15) is 18.4 Å². The van der Waals surface area contributed by atoms with Gasteiger partial charge >= 0.3 is 0 Å². The molecule has 0 heterocycles. The van der Waals surface area contributed by atoms with E-state index in [1.165, 1.54) is 18.4 Å². The Morgan fingerprint density at radius 2 is 2.25 bits per heavy atom. The molecule has 0 atom stereocenters. The second kappa shape index (κ2) is 5.80. The Kier molecular flexibility index (Phi) is 4.38. The van der Waals surface area contributed by atoms with Gasteiger partial charge in [0.15, 0.2) is 0 Å². The van der Waals surface area contributed by atoms with Gasteiger partial charge in [-0.05, 0) is 37.6 Å². The molecule has 0 radical (unpaired) electrons. The highest BCUT2D eigenvalue weighted by Crippen LogP contribution is 2.24. The number of nitrogens with one attached hydrogen (secondary N) is 1. The molecule has 0 amide bonds. The Morgan fingerprint density at radius 3 is 2.94 bits per heavy atom. The van der Waals surface area contributed by atoms with Crippen molar-refractivity contribution in [3.8, 4) is 0 Å². The van der Waals surface area contributed by atoms with E-state index in [0.29, 0.717) is 0 Å². The maximum atomic E-state index is 3.49. The summed E-state index contributed by atoms with van der Waals surface area (Å²) < 4.78 is 1.15. The van der Waals surface area contributed by atoms with E-state index >= 15 is 0 Å². The molecule has 1 N–H and O–H groups in total. The molecule has 0 unspecified atom stereocenters. The lowest BCUT2D eigenvalue weighted by Crippen LogP contribution is -2.30. The number of hydrogen-bond donors (Lipinski definition) is 1. The summed E-state index contributed by atoms with van der Waals surface area (Å²) in [7, 11) is 2.22. The lowest BCUT2D eigenvalue weighted by atomic mass is 10.2. The van der Waals surface area contributed by atoms with Gasteiger partial charge in [0.2, 0.25) is 0 Å². The van der Waals surface area contributed by atoms with Gasteiger partial charge in [-0.1, -0.05) is 28.1 Å². The van der Waals surface area contributed by atoms with E-state index < -0.39 is 0 Å². The molecule has 1 fully saturated rings. The quantitative estimate of drug-likeness (QED) is 0.807. The van der Waals surface area contributed by atoms with Crippen LogP contribution < -0.4 is 5.32 Å². The average Bonchev–Trinajstić information content (AvgIpc) is 3.08. The van der Waals surface area contributed by atoms with Gasteiger partial charge in [0.1, 0.15) is 0 Å². The van der Waals surface area contributed by atoms with Gasteiger partial charge in [-0.15, -0.1) is 0 Å². The Bertz CT molecular complexity index is 336. The van der Waals surface area contributed by atoms with Crippen LogP contribution in [-0.4, -0.2) is 31.1 Å². The molecule has 1 aliphatic rings. The third-order valence-electron chi connectivity index (χ3n) is 3.03. The molecule has 1 saturated carbocycles. The SMILES string of the molecule is CN(CCNCc1cccc(Br)c1)C1CC1. The smallest absolute Gasteiger partial charge is 0.0206 e. The summed E-state index contributed by atoms with van der Waals surface area (Å²) in [5, 5.41) is 3.48. The van der Waals surface area contributed by atoms with E-state index in [9.17, 15) is 0 Å². The predicted octanol–water partition coefficient (Wildman–Crippen LogP) is 2.63. The molecule has 1 aromatic carbocycles. The fourth-order valence-corrected chi connectivity index (χ4v) is 2.28. The molecule has 0 saturated heterocycles. The van der Waals surface area contributed by atoms with Gasteiger partial charge in [0.25, 0.3) is 0 Å². The first-order valence-electron chi connectivity index (χ1n) is 5.91. The molecule has 2 nitrogen and oxygen atoms in total. The number of nitrogens with zero attached hydrogens (tertiary/aromatic N) is 1. The zero-order chi connectivity index (χ0) is 11.4. The minimum atomic E-state index is 0.868. The zero-order valence-electron chi connectivity index (χ0n) is 9.75. The third kappa shape index (κ3) is 3.89. The largest absolute Gasteiger partial charge is 0.311 e. The number of halogens is 1. The summed E-state index contributed by atoms with van der Waals surface area (Å²) in [6.07, 6.45) is 2.78. The lowest BCUT2D eigenvalue weighted by molar-refractivity contribution is 0.321. The van der Waals surface area contributed by atoms with Crippen molar-refractivity contribution >= 4 is 15.9 Å². The first-order chi connectivity index (χ1) is 7.75. The van der Waals surface area contributed by atoms with Crippen LogP contribution in [0.4, 0.5) is 0 Å². The van der Waals surface area contributed by atoms with Gasteiger partial charge in [-0.2, -0.15) is 0 Å². The normalized spacial score (nSPS) is 15.7. The van der Waals surface area contributed by atoms with Crippen molar-refractivity contribution < 1.29 is 0 Å². The van der Waals surface area contributed by atoms with Gasteiger partial charge in [-0.3, -0.25) is 0 Å². The van der Waals surface area contributed by atoms with Crippen LogP contribution in [0.25, 0.3) is 0 Å². The number of likely N-dealkylation sites (N-methyl/N-ethyl adjacent to an activating group) is 1. The minimum absolute atomic E-state index is 0.868. The van der Waals surface area contributed by atoms with Crippen molar-refractivity contribution in [2.75, 3.05) is 20.1 Å². The van der Waals surface area contributed by atoms with E-state index in [1.807, 2.05) is 0 Å². The average molecular weight is 283 g/mol. The van der Waals surface area contributed by atoms with Gasteiger partial charge < -0.3 is 10.2 Å². The van der Waals surface area contributed by atoms with Gasteiger partial charge in [0.05, 0.1) is 0 Å². The van der Waals surface area contributed by atoms with Crippen molar-refractivity contribution in [3.63, 3.8) is 0 Å². The van der Waals surface area contributed by atoms with Gasteiger partial charge in [0, 0.05) is 30.1 Å². The summed E-state index contributed by atoms with van der Waals surface area (Å²) in [5.74, 6) is 0. The van der Waals surface area contributed by atoms with E-state index in [1.54, 1.807) is 0 Å². The minimum Gasteiger partial charge on any atom is -0.311 e. The summed E-state index contributed by atoms with van der Waals surface area (Å²) in [4.78, 5) is 2.45. The summed E-state index contributed by atoms with van der Waals surface area (Å²) in [6, 6.07) is 9.33. The fraction of sp³-hybridized carbons (Fsp3) is 0.538. The fourth-order valence-electron chi connectivity index (χ4n) is 1.83. The van der Waals surface area contributed by atoms with Crippen molar-refractivity contribution in [1.82, 2.24) is 10.2 Å². The van der Waals surface area contributed by atoms with Crippen molar-refractivity contribution in [3.05, 3.63) is 34.3 Å². The second-order valence-corrected chi connectivity index (χ2v) is 5.43. The Morgan fingerprint density at radius 1 is 1.44 bits per heavy atom. The molecule has 0 aromatic heterocycles. The highest BCUT2D eigenvalue weighted by atomic mass is 79.9. The number of hydrogen-bond acceptors (Lipinski definition) is 2. The predicted molar refractivity (Wildman–Crippen MR) is 71.5 cm³/mol. The zero-order valence-corrected chi connectivity index (χ0v) is 11.3. The van der Waals surface area contributed by atoms with Crippen LogP contribution in [-0.2, 0) is 6.54 Å². The van der Waals surface area contributed by atoms with Crippen LogP contribution in [0, 0.1) is 0 Å². The van der Waals surface area contributed by atoms with Crippen LogP contribution >= 0.6 is 15.9 Å². The summed E-state index contributed by atoms with van der Waals surface area (Å²) in [5.41, 5.74) is 1.34. The van der Waals surface area contributed by atoms with Crippen LogP contribution in [0.2, 0.25) is 0 Å². The van der Waals surface area contributed by atoms with Crippen molar-refractivity contribution in [2.45, 2.75) is 25.4 Å². The third-order valence-corrected chi connectivity index (χ3v) is 3.52. The molecule has 0 bridgehead atoms. The molecule has 2 rings (SSSR count). The Hall–Kier alpha value is -0.380. The Labute approximate surface area is 106 Å². The van der Waals surface area contributed by atoms with E-state index in [2.05, 4.69) is 57.5 Å². The van der Waals surface area contributed by atoms with E-state index in [0.717, 1.165) is 30.1 Å². The van der Waals surface area contributed by atoms with Crippen LogP contribution in [0.5, 0.6) is 0 Å². The number of benzene rings is 1. The summed E-state index contributed by atoms with van der Waals surface area (Å²) >= 11 is 3.49. The topological polar surface area (TPSA) is 15.3 Å². The maximum Gasteiger partial charge on any atom is 0.0206 e. The Balaban J connectivity index is 1.63.